The third-order valence-corrected chi connectivity index (χ3v) is 15.3. The van der Waals surface area contributed by atoms with Crippen molar-refractivity contribution in [2.24, 2.45) is 0 Å². The maximum atomic E-state index is 12.2. The number of benzene rings is 6. The SMILES string of the molecule is Cc1c(COc2cc(OCc3cccc(S(C)(=O)=O)c3)c(CN[C@@](C)(CO)C(=O)O)cc2Cl)cccc1-c1cccc(COc2cc(OCc3cccc(S(C)(=O)=O)c3)c(CN[C@@](C)(CO)C(=O)O)cc2Cl)c1C. The van der Waals surface area contributed by atoms with E-state index in [9.17, 15) is 46.9 Å². The van der Waals surface area contributed by atoms with Crippen molar-refractivity contribution in [1.82, 2.24) is 10.6 Å². The average molecular weight is 1090 g/mol. The van der Waals surface area contributed by atoms with E-state index in [1.54, 1.807) is 48.5 Å². The monoisotopic (exact) mass is 1090 g/mol. The minimum absolute atomic E-state index is 0.0432. The number of hydrogen-bond acceptors (Lipinski definition) is 14. The second-order valence-corrected chi connectivity index (χ2v) is 23.1. The van der Waals surface area contributed by atoms with E-state index in [1.165, 1.54) is 38.1 Å². The zero-order valence-electron chi connectivity index (χ0n) is 41.5. The van der Waals surface area contributed by atoms with Crippen LogP contribution in [-0.4, -0.2) is 86.0 Å². The molecule has 394 valence electrons. The first-order valence-corrected chi connectivity index (χ1v) is 27.5. The molecule has 0 aliphatic rings. The summed E-state index contributed by atoms with van der Waals surface area (Å²) < 4.78 is 74.1. The van der Waals surface area contributed by atoms with Crippen LogP contribution in [0.2, 0.25) is 10.0 Å². The van der Waals surface area contributed by atoms with Crippen molar-refractivity contribution in [3.63, 3.8) is 0 Å². The Kier molecular flexibility index (Phi) is 18.5. The zero-order chi connectivity index (χ0) is 54.2. The van der Waals surface area contributed by atoms with Gasteiger partial charge < -0.3 is 39.4 Å². The van der Waals surface area contributed by atoms with Gasteiger partial charge in [-0.05, 0) is 109 Å². The highest BCUT2D eigenvalue weighted by molar-refractivity contribution is 7.91. The van der Waals surface area contributed by atoms with E-state index in [-0.39, 0.29) is 82.4 Å². The number of halogens is 2. The van der Waals surface area contributed by atoms with Crippen LogP contribution in [0.4, 0.5) is 0 Å². The molecular weight excluding hydrogens is 1040 g/mol. The fourth-order valence-corrected chi connectivity index (χ4v) is 9.39. The van der Waals surface area contributed by atoms with Crippen molar-refractivity contribution >= 4 is 54.8 Å². The summed E-state index contributed by atoms with van der Waals surface area (Å²) in [5.74, 6) is -1.43. The molecule has 0 heterocycles. The van der Waals surface area contributed by atoms with Gasteiger partial charge in [-0.15, -0.1) is 0 Å². The molecular formula is C54H58Cl2N2O14S2. The molecule has 0 saturated heterocycles. The molecule has 0 saturated carbocycles. The van der Waals surface area contributed by atoms with Gasteiger partial charge in [0.05, 0.1) is 33.0 Å². The molecule has 0 radical (unpaired) electrons. The maximum Gasteiger partial charge on any atom is 0.326 e. The van der Waals surface area contributed by atoms with E-state index in [0.717, 1.165) is 45.9 Å². The number of sulfone groups is 2. The van der Waals surface area contributed by atoms with Crippen LogP contribution in [0.5, 0.6) is 23.0 Å². The van der Waals surface area contributed by atoms with Crippen molar-refractivity contribution in [1.29, 1.82) is 0 Å². The molecule has 74 heavy (non-hydrogen) atoms. The maximum absolute atomic E-state index is 12.2. The quantitative estimate of drug-likeness (QED) is 0.0316. The molecule has 0 aliphatic carbocycles. The fourth-order valence-electron chi connectivity index (χ4n) is 7.53. The van der Waals surface area contributed by atoms with Crippen molar-refractivity contribution in [3.05, 3.63) is 164 Å². The highest BCUT2D eigenvalue weighted by Crippen LogP contribution is 2.38. The number of nitrogens with one attached hydrogen (secondary N) is 2. The molecule has 6 N–H and O–H groups in total. The molecule has 0 spiro atoms. The third-order valence-electron chi connectivity index (χ3n) is 12.5. The molecule has 0 aromatic heterocycles. The molecule has 6 aromatic rings. The van der Waals surface area contributed by atoms with Crippen molar-refractivity contribution in [2.45, 2.75) is 88.1 Å². The smallest absolute Gasteiger partial charge is 0.326 e. The van der Waals surface area contributed by atoms with Crippen LogP contribution in [0.25, 0.3) is 11.1 Å². The van der Waals surface area contributed by atoms with Gasteiger partial charge in [-0.3, -0.25) is 20.2 Å². The van der Waals surface area contributed by atoms with Gasteiger partial charge in [0, 0.05) is 48.9 Å². The van der Waals surface area contributed by atoms with Crippen molar-refractivity contribution < 1.29 is 65.8 Å². The molecule has 0 fully saturated rings. The van der Waals surface area contributed by atoms with Gasteiger partial charge >= 0.3 is 11.9 Å². The molecule has 16 nitrogen and oxygen atoms in total. The number of carbonyl (C=O) groups is 2. The number of aliphatic hydroxyl groups is 2. The second kappa shape index (κ2) is 24.0. The Morgan fingerprint density at radius 2 is 0.865 bits per heavy atom. The molecule has 0 aliphatic heterocycles. The minimum atomic E-state index is -3.49. The van der Waals surface area contributed by atoms with Crippen LogP contribution in [0.3, 0.4) is 0 Å². The summed E-state index contributed by atoms with van der Waals surface area (Å²) in [5, 5.41) is 45.4. The van der Waals surface area contributed by atoms with Gasteiger partial charge in [-0.25, -0.2) is 16.8 Å². The van der Waals surface area contributed by atoms with E-state index in [0.29, 0.717) is 22.3 Å². The molecule has 0 amide bonds. The summed E-state index contributed by atoms with van der Waals surface area (Å²) in [4.78, 5) is 24.2. The molecule has 0 unspecified atom stereocenters. The van der Waals surface area contributed by atoms with Gasteiger partial charge in [0.1, 0.15) is 60.5 Å². The van der Waals surface area contributed by atoms with Crippen LogP contribution >= 0.6 is 23.2 Å². The lowest BCUT2D eigenvalue weighted by Gasteiger charge is -2.25. The molecule has 6 aromatic carbocycles. The summed E-state index contributed by atoms with van der Waals surface area (Å²) in [6, 6.07) is 30.6. The number of carboxylic acid groups (broad SMARTS) is 2. The lowest BCUT2D eigenvalue weighted by atomic mass is 9.92. The Bertz CT molecular complexity index is 3060. The van der Waals surface area contributed by atoms with Crippen molar-refractivity contribution in [3.8, 4) is 34.1 Å². The standard InChI is InChI=1S/C54H58Cl2N2O14S2/c1-33-37(29-71-49-23-47(69-27-35-11-7-15-41(19-35)73(5,65)66)39(21-45(49)55)25-57-53(3,31-59)51(61)62)13-9-17-43(33)44-18-10-14-38(34(44)2)30-72-50-24-48(70-28-36-12-8-16-42(20-36)74(6,67)68)40(22-46(50)56)26-58-54(4,32-60)52(63)64/h7-24,57-60H,25-32H2,1-6H3,(H,61,62)(H,63,64)/t53-,54-/m0/s1. The van der Waals surface area contributed by atoms with Crippen LogP contribution in [-0.2, 0) is 68.8 Å². The Labute approximate surface area is 440 Å². The highest BCUT2D eigenvalue weighted by Gasteiger charge is 2.33. The lowest BCUT2D eigenvalue weighted by molar-refractivity contribution is -0.146. The second-order valence-electron chi connectivity index (χ2n) is 18.3. The summed E-state index contributed by atoms with van der Waals surface area (Å²) in [7, 11) is -6.98. The topological polar surface area (TPSA) is 244 Å². The summed E-state index contributed by atoms with van der Waals surface area (Å²) in [6.07, 6.45) is 2.22. The van der Waals surface area contributed by atoms with Gasteiger partial charge in [-0.1, -0.05) is 83.9 Å². The Morgan fingerprint density at radius 3 is 1.20 bits per heavy atom. The van der Waals surface area contributed by atoms with Gasteiger partial charge in [0.25, 0.3) is 0 Å². The van der Waals surface area contributed by atoms with E-state index < -0.39 is 55.9 Å². The van der Waals surface area contributed by atoms with Crippen LogP contribution in [0, 0.1) is 13.8 Å². The van der Waals surface area contributed by atoms with Gasteiger partial charge in [0.15, 0.2) is 19.7 Å². The number of ether oxygens (including phenoxy) is 4. The first kappa shape index (κ1) is 57.1. The zero-order valence-corrected chi connectivity index (χ0v) is 44.6. The van der Waals surface area contributed by atoms with Crippen molar-refractivity contribution in [2.75, 3.05) is 25.7 Å². The summed E-state index contributed by atoms with van der Waals surface area (Å²) in [6.45, 7) is 5.21. The first-order chi connectivity index (χ1) is 34.8. The molecule has 20 heteroatoms. The van der Waals surface area contributed by atoms with E-state index >= 15 is 0 Å². The fraction of sp³-hybridized carbons (Fsp3) is 0.296. The Morgan fingerprint density at radius 1 is 0.514 bits per heavy atom. The third kappa shape index (κ3) is 14.1. The van der Waals surface area contributed by atoms with E-state index in [4.69, 9.17) is 42.1 Å². The largest absolute Gasteiger partial charge is 0.488 e. The summed E-state index contributed by atoms with van der Waals surface area (Å²) in [5.41, 5.74) is 4.05. The van der Waals surface area contributed by atoms with Crippen LogP contribution in [0.15, 0.2) is 119 Å². The number of hydrogen-bond donors (Lipinski definition) is 6. The molecule has 6 rings (SSSR count). The predicted octanol–water partition coefficient (Wildman–Crippen LogP) is 8.25. The number of aliphatic hydroxyl groups excluding tert-OH is 2. The number of rotatable bonds is 25. The van der Waals surface area contributed by atoms with Gasteiger partial charge in [0.2, 0.25) is 0 Å². The van der Waals surface area contributed by atoms with E-state index in [2.05, 4.69) is 10.6 Å². The average Bonchev–Trinajstić information content (AvgIpc) is 3.36. The normalized spacial score (nSPS) is 13.4. The van der Waals surface area contributed by atoms with Gasteiger partial charge in [-0.2, -0.15) is 0 Å². The summed E-state index contributed by atoms with van der Waals surface area (Å²) >= 11 is 13.6. The Hall–Kier alpha value is -6.22. The van der Waals surface area contributed by atoms with E-state index in [1.807, 2.05) is 50.2 Å². The highest BCUT2D eigenvalue weighted by atomic mass is 35.5. The number of aliphatic carboxylic acids is 2. The Balaban J connectivity index is 1.23. The molecule has 2 atom stereocenters. The first-order valence-electron chi connectivity index (χ1n) is 23.0. The minimum Gasteiger partial charge on any atom is -0.488 e. The predicted molar refractivity (Wildman–Crippen MR) is 281 cm³/mol. The molecule has 0 bridgehead atoms. The van der Waals surface area contributed by atoms with Crippen LogP contribution < -0.4 is 29.6 Å². The lowest BCUT2D eigenvalue weighted by Crippen LogP contribution is -2.52. The number of carboxylic acids is 2. The van der Waals surface area contributed by atoms with Crippen LogP contribution in [0.1, 0.15) is 58.4 Å².